The Kier molecular flexibility index (Phi) is 6.47. The second-order valence-electron chi connectivity index (χ2n) is 6.24. The fraction of sp³-hybridized carbons (Fsp3) is 0.316. The summed E-state index contributed by atoms with van der Waals surface area (Å²) in [6.07, 6.45) is 1.47. The highest BCUT2D eigenvalue weighted by Crippen LogP contribution is 2.28. The van der Waals surface area contributed by atoms with Gasteiger partial charge in [0.2, 0.25) is 15.9 Å². The molecule has 26 heavy (non-hydrogen) atoms. The van der Waals surface area contributed by atoms with Gasteiger partial charge in [-0.25, -0.2) is 8.42 Å². The third-order valence-electron chi connectivity index (χ3n) is 4.06. The Balaban J connectivity index is 2.47. The van der Waals surface area contributed by atoms with Crippen molar-refractivity contribution in [2.75, 3.05) is 15.9 Å². The van der Waals surface area contributed by atoms with Crippen LogP contribution in [0.3, 0.4) is 0 Å². The number of nitrogens with zero attached hydrogens (tertiary/aromatic N) is 1. The van der Waals surface area contributed by atoms with Crippen molar-refractivity contribution in [1.82, 2.24) is 0 Å². The molecule has 0 aliphatic rings. The summed E-state index contributed by atoms with van der Waals surface area (Å²) in [7, 11) is -3.66. The minimum Gasteiger partial charge on any atom is -0.323 e. The van der Waals surface area contributed by atoms with Gasteiger partial charge in [-0.2, -0.15) is 0 Å². The van der Waals surface area contributed by atoms with Crippen LogP contribution in [-0.4, -0.2) is 26.6 Å². The van der Waals surface area contributed by atoms with Crippen molar-refractivity contribution in [3.05, 3.63) is 58.1 Å². The van der Waals surface area contributed by atoms with Gasteiger partial charge in [0.05, 0.1) is 17.6 Å². The van der Waals surface area contributed by atoms with Crippen LogP contribution in [0.25, 0.3) is 0 Å². The van der Waals surface area contributed by atoms with Gasteiger partial charge >= 0.3 is 0 Å². The fourth-order valence-electron chi connectivity index (χ4n) is 2.77. The molecule has 2 aromatic carbocycles. The van der Waals surface area contributed by atoms with Crippen LogP contribution in [-0.2, 0) is 14.8 Å². The Hall–Kier alpha value is -1.86. The number of carbonyl (C=O) groups excluding carboxylic acids is 1. The molecule has 1 N–H and O–H groups in total. The first-order valence-electron chi connectivity index (χ1n) is 8.27. The zero-order valence-corrected chi connectivity index (χ0v) is 17.7. The van der Waals surface area contributed by atoms with E-state index in [2.05, 4.69) is 21.2 Å². The normalized spacial score (nSPS) is 12.5. The predicted octanol–water partition coefficient (Wildman–Crippen LogP) is 4.25. The third-order valence-corrected chi connectivity index (χ3v) is 5.92. The Morgan fingerprint density at radius 1 is 1.19 bits per heavy atom. The van der Waals surface area contributed by atoms with Gasteiger partial charge in [0, 0.05) is 4.47 Å². The van der Waals surface area contributed by atoms with E-state index in [0.29, 0.717) is 17.8 Å². The Morgan fingerprint density at radius 3 is 2.42 bits per heavy atom. The molecule has 0 aliphatic carbocycles. The first-order valence-corrected chi connectivity index (χ1v) is 10.9. The summed E-state index contributed by atoms with van der Waals surface area (Å²) in [4.78, 5) is 12.9. The van der Waals surface area contributed by atoms with Crippen LogP contribution in [0.5, 0.6) is 0 Å². The van der Waals surface area contributed by atoms with Crippen molar-refractivity contribution < 1.29 is 13.2 Å². The number of carbonyl (C=O) groups is 1. The molecule has 0 saturated heterocycles. The lowest BCUT2D eigenvalue weighted by atomic mass is 10.1. The Bertz CT molecular complexity index is 913. The smallest absolute Gasteiger partial charge is 0.248 e. The number of para-hydroxylation sites is 1. The summed E-state index contributed by atoms with van der Waals surface area (Å²) >= 11 is 3.39. The highest BCUT2D eigenvalue weighted by Gasteiger charge is 2.32. The average molecular weight is 439 g/mol. The van der Waals surface area contributed by atoms with E-state index in [0.717, 1.165) is 21.9 Å². The second-order valence-corrected chi connectivity index (χ2v) is 8.96. The van der Waals surface area contributed by atoms with E-state index in [4.69, 9.17) is 0 Å². The van der Waals surface area contributed by atoms with Gasteiger partial charge in [0.1, 0.15) is 6.04 Å². The van der Waals surface area contributed by atoms with Crippen LogP contribution < -0.4 is 9.62 Å². The first-order chi connectivity index (χ1) is 12.1. The molecule has 0 aromatic heterocycles. The van der Waals surface area contributed by atoms with Gasteiger partial charge in [0.25, 0.3) is 0 Å². The lowest BCUT2D eigenvalue weighted by Gasteiger charge is -2.31. The van der Waals surface area contributed by atoms with E-state index in [1.54, 1.807) is 25.1 Å². The van der Waals surface area contributed by atoms with Crippen molar-refractivity contribution in [3.63, 3.8) is 0 Å². The molecule has 7 heteroatoms. The maximum absolute atomic E-state index is 12.9. The quantitative estimate of drug-likeness (QED) is 0.732. The molecule has 5 nitrogen and oxygen atoms in total. The molecule has 140 valence electrons. The summed E-state index contributed by atoms with van der Waals surface area (Å²) in [5.41, 5.74) is 2.86. The number of aryl methyl sites for hydroxylation is 2. The number of hydrogen-bond acceptors (Lipinski definition) is 3. The van der Waals surface area contributed by atoms with Crippen LogP contribution >= 0.6 is 15.9 Å². The minimum atomic E-state index is -3.66. The van der Waals surface area contributed by atoms with Crippen molar-refractivity contribution in [1.29, 1.82) is 0 Å². The molecule has 2 rings (SSSR count). The number of anilines is 2. The number of rotatable bonds is 6. The molecule has 0 aliphatic heterocycles. The summed E-state index contributed by atoms with van der Waals surface area (Å²) in [5, 5.41) is 2.83. The third kappa shape index (κ3) is 4.65. The van der Waals surface area contributed by atoms with Gasteiger partial charge in [-0.1, -0.05) is 31.2 Å². The molecule has 0 saturated carbocycles. The molecular weight excluding hydrogens is 416 g/mol. The summed E-state index contributed by atoms with van der Waals surface area (Å²) in [5.74, 6) is -0.370. The zero-order valence-electron chi connectivity index (χ0n) is 15.3. The van der Waals surface area contributed by atoms with E-state index in [9.17, 15) is 13.2 Å². The topological polar surface area (TPSA) is 66.5 Å². The van der Waals surface area contributed by atoms with Crippen LogP contribution in [0.1, 0.15) is 24.5 Å². The van der Waals surface area contributed by atoms with Gasteiger partial charge in [-0.05, 0) is 65.5 Å². The molecule has 0 spiro atoms. The second kappa shape index (κ2) is 8.22. The number of sulfonamides is 1. The van der Waals surface area contributed by atoms with Gasteiger partial charge in [0.15, 0.2) is 0 Å². The number of nitrogens with one attached hydrogen (secondary N) is 1. The summed E-state index contributed by atoms with van der Waals surface area (Å²) in [6.45, 7) is 5.53. The lowest BCUT2D eigenvalue weighted by molar-refractivity contribution is -0.117. The van der Waals surface area contributed by atoms with Crippen LogP contribution in [0.15, 0.2) is 46.9 Å². The van der Waals surface area contributed by atoms with Crippen molar-refractivity contribution in [2.24, 2.45) is 0 Å². The summed E-state index contributed by atoms with van der Waals surface area (Å²) < 4.78 is 27.1. The van der Waals surface area contributed by atoms with E-state index in [-0.39, 0.29) is 5.91 Å². The highest BCUT2D eigenvalue weighted by atomic mass is 79.9. The molecule has 1 unspecified atom stereocenters. The predicted molar refractivity (Wildman–Crippen MR) is 110 cm³/mol. The number of halogens is 1. The van der Waals surface area contributed by atoms with Crippen LogP contribution in [0, 0.1) is 13.8 Å². The van der Waals surface area contributed by atoms with E-state index in [1.165, 1.54) is 4.31 Å². The maximum Gasteiger partial charge on any atom is 0.248 e. The van der Waals surface area contributed by atoms with E-state index in [1.807, 2.05) is 38.1 Å². The first kappa shape index (κ1) is 20.5. The highest BCUT2D eigenvalue weighted by molar-refractivity contribution is 9.10. The zero-order chi connectivity index (χ0) is 19.5. The molecule has 0 heterocycles. The van der Waals surface area contributed by atoms with Gasteiger partial charge in [-0.15, -0.1) is 0 Å². The average Bonchev–Trinajstić information content (AvgIpc) is 2.56. The standard InChI is InChI=1S/C19H23BrN2O3S/c1-5-17(19(23)21-16-9-7-6-8-15(16)20)22(26(4,24)25)18-12-13(2)10-11-14(18)3/h6-12,17H,5H2,1-4H3,(H,21,23). The largest absolute Gasteiger partial charge is 0.323 e. The molecular formula is C19H23BrN2O3S. The Morgan fingerprint density at radius 2 is 1.85 bits per heavy atom. The lowest BCUT2D eigenvalue weighted by Crippen LogP contribution is -2.47. The number of hydrogen-bond donors (Lipinski definition) is 1. The monoisotopic (exact) mass is 438 g/mol. The number of amides is 1. The molecule has 0 bridgehead atoms. The molecule has 0 radical (unpaired) electrons. The Labute approximate surface area is 163 Å². The maximum atomic E-state index is 12.9. The van der Waals surface area contributed by atoms with Gasteiger partial charge < -0.3 is 5.32 Å². The van der Waals surface area contributed by atoms with Crippen molar-refractivity contribution in [2.45, 2.75) is 33.2 Å². The van der Waals surface area contributed by atoms with Gasteiger partial charge in [-0.3, -0.25) is 9.10 Å². The molecule has 0 fully saturated rings. The summed E-state index contributed by atoms with van der Waals surface area (Å²) in [6, 6.07) is 12.0. The van der Waals surface area contributed by atoms with E-state index < -0.39 is 16.1 Å². The van der Waals surface area contributed by atoms with Crippen molar-refractivity contribution in [3.8, 4) is 0 Å². The minimum absolute atomic E-state index is 0.344. The van der Waals surface area contributed by atoms with E-state index >= 15 is 0 Å². The van der Waals surface area contributed by atoms with Crippen LogP contribution in [0.2, 0.25) is 0 Å². The molecule has 1 amide bonds. The van der Waals surface area contributed by atoms with Crippen molar-refractivity contribution >= 4 is 43.2 Å². The van der Waals surface area contributed by atoms with Crippen LogP contribution in [0.4, 0.5) is 11.4 Å². The SMILES string of the molecule is CCC(C(=O)Nc1ccccc1Br)N(c1cc(C)ccc1C)S(C)(=O)=O. The molecule has 2 aromatic rings. The molecule has 1 atom stereocenters. The fourth-order valence-corrected chi connectivity index (χ4v) is 4.42. The number of benzene rings is 2.